The van der Waals surface area contributed by atoms with Crippen LogP contribution in [0.4, 0.5) is 0 Å². The van der Waals surface area contributed by atoms with E-state index in [2.05, 4.69) is 18.3 Å². The van der Waals surface area contributed by atoms with Crippen molar-refractivity contribution in [3.63, 3.8) is 0 Å². The van der Waals surface area contributed by atoms with Gasteiger partial charge in [-0.1, -0.05) is 43.7 Å². The SMILES string of the molecule is Cc1ccc(C)c2nc(SCC(=O)N[C@@H]3CCCC[C@@H]3C)c(C#N)cc12. The Labute approximate surface area is 159 Å². The second kappa shape index (κ2) is 8.09. The lowest BCUT2D eigenvalue weighted by Gasteiger charge is -2.29. The molecule has 26 heavy (non-hydrogen) atoms. The number of carbonyl (C=O) groups is 1. The van der Waals surface area contributed by atoms with E-state index >= 15 is 0 Å². The van der Waals surface area contributed by atoms with Gasteiger partial charge in [0, 0.05) is 11.4 Å². The summed E-state index contributed by atoms with van der Waals surface area (Å²) in [6.45, 7) is 6.25. The maximum absolute atomic E-state index is 12.4. The zero-order valence-electron chi connectivity index (χ0n) is 15.6. The molecule has 1 heterocycles. The fourth-order valence-corrected chi connectivity index (χ4v) is 4.39. The van der Waals surface area contributed by atoms with Gasteiger partial charge in [-0.15, -0.1) is 0 Å². The Morgan fingerprint density at radius 2 is 2.04 bits per heavy atom. The van der Waals surface area contributed by atoms with E-state index in [1.54, 1.807) is 0 Å². The standard InChI is InChI=1S/C21H25N3OS/c1-13-8-9-15(3)20-17(13)10-16(11-22)21(24-20)26-12-19(25)23-18-7-5-4-6-14(18)2/h8-10,14,18H,4-7,12H2,1-3H3,(H,23,25)/t14-,18+/m0/s1. The molecule has 2 aromatic rings. The molecule has 1 saturated carbocycles. The Bertz CT molecular complexity index is 872. The van der Waals surface area contributed by atoms with Crippen LogP contribution < -0.4 is 5.32 Å². The van der Waals surface area contributed by atoms with Crippen LogP contribution in [0.15, 0.2) is 23.2 Å². The van der Waals surface area contributed by atoms with Gasteiger partial charge in [0.15, 0.2) is 0 Å². The summed E-state index contributed by atoms with van der Waals surface area (Å²) in [5, 5.41) is 14.3. The number of aromatic nitrogens is 1. The summed E-state index contributed by atoms with van der Waals surface area (Å²) >= 11 is 1.35. The number of nitrogens with one attached hydrogen (secondary N) is 1. The van der Waals surface area contributed by atoms with Crippen LogP contribution in [0.5, 0.6) is 0 Å². The van der Waals surface area contributed by atoms with Crippen LogP contribution >= 0.6 is 11.8 Å². The average molecular weight is 368 g/mol. The van der Waals surface area contributed by atoms with Crippen LogP contribution in [0, 0.1) is 31.1 Å². The summed E-state index contributed by atoms with van der Waals surface area (Å²) < 4.78 is 0. The van der Waals surface area contributed by atoms with E-state index in [4.69, 9.17) is 4.98 Å². The highest BCUT2D eigenvalue weighted by molar-refractivity contribution is 8.00. The molecule has 1 aliphatic rings. The van der Waals surface area contributed by atoms with E-state index in [0.29, 0.717) is 22.3 Å². The third kappa shape index (κ3) is 4.02. The molecular weight excluding hydrogens is 342 g/mol. The molecule has 0 radical (unpaired) electrons. The number of carbonyl (C=O) groups excluding carboxylic acids is 1. The molecule has 0 aliphatic heterocycles. The monoisotopic (exact) mass is 367 g/mol. The molecule has 3 rings (SSSR count). The highest BCUT2D eigenvalue weighted by Gasteiger charge is 2.23. The lowest BCUT2D eigenvalue weighted by Crippen LogP contribution is -2.41. The lowest BCUT2D eigenvalue weighted by atomic mass is 9.86. The van der Waals surface area contributed by atoms with Gasteiger partial charge < -0.3 is 5.32 Å². The van der Waals surface area contributed by atoms with Gasteiger partial charge in [0.1, 0.15) is 11.1 Å². The number of nitrogens with zero attached hydrogens (tertiary/aromatic N) is 2. The Hall–Kier alpha value is -2.06. The molecule has 0 unspecified atom stereocenters. The van der Waals surface area contributed by atoms with Gasteiger partial charge in [0.25, 0.3) is 0 Å². The van der Waals surface area contributed by atoms with Crippen molar-refractivity contribution in [2.75, 3.05) is 5.75 Å². The predicted molar refractivity (Wildman–Crippen MR) is 106 cm³/mol. The number of fused-ring (bicyclic) bond motifs is 1. The van der Waals surface area contributed by atoms with Gasteiger partial charge in [-0.2, -0.15) is 5.26 Å². The first-order valence-electron chi connectivity index (χ1n) is 9.23. The largest absolute Gasteiger partial charge is 0.352 e. The number of pyridine rings is 1. The minimum Gasteiger partial charge on any atom is -0.352 e. The van der Waals surface area contributed by atoms with Crippen molar-refractivity contribution in [3.8, 4) is 6.07 Å². The highest BCUT2D eigenvalue weighted by atomic mass is 32.2. The van der Waals surface area contributed by atoms with E-state index in [1.165, 1.54) is 31.0 Å². The van der Waals surface area contributed by atoms with Crippen molar-refractivity contribution in [1.29, 1.82) is 5.26 Å². The molecule has 1 N–H and O–H groups in total. The zero-order valence-corrected chi connectivity index (χ0v) is 16.4. The van der Waals surface area contributed by atoms with Crippen molar-refractivity contribution in [3.05, 3.63) is 34.9 Å². The summed E-state index contributed by atoms with van der Waals surface area (Å²) in [4.78, 5) is 17.1. The van der Waals surface area contributed by atoms with E-state index in [-0.39, 0.29) is 11.9 Å². The van der Waals surface area contributed by atoms with Gasteiger partial charge in [0.2, 0.25) is 5.91 Å². The number of hydrogen-bond donors (Lipinski definition) is 1. The molecule has 1 aromatic carbocycles. The van der Waals surface area contributed by atoms with Gasteiger partial charge in [-0.25, -0.2) is 4.98 Å². The summed E-state index contributed by atoms with van der Waals surface area (Å²) in [5.41, 5.74) is 3.63. The molecule has 4 nitrogen and oxygen atoms in total. The Balaban J connectivity index is 1.75. The number of amides is 1. The summed E-state index contributed by atoms with van der Waals surface area (Å²) in [6, 6.07) is 8.50. The predicted octanol–water partition coefficient (Wildman–Crippen LogP) is 4.51. The van der Waals surface area contributed by atoms with Gasteiger partial charge >= 0.3 is 0 Å². The van der Waals surface area contributed by atoms with Crippen molar-refractivity contribution >= 4 is 28.6 Å². The number of hydrogen-bond acceptors (Lipinski definition) is 4. The topological polar surface area (TPSA) is 65.8 Å². The summed E-state index contributed by atoms with van der Waals surface area (Å²) in [7, 11) is 0. The van der Waals surface area contributed by atoms with E-state index in [0.717, 1.165) is 28.5 Å². The normalized spacial score (nSPS) is 19.9. The number of nitriles is 1. The first-order valence-corrected chi connectivity index (χ1v) is 10.2. The minimum absolute atomic E-state index is 0.0282. The van der Waals surface area contributed by atoms with Crippen LogP contribution in [0.1, 0.15) is 49.3 Å². The highest BCUT2D eigenvalue weighted by Crippen LogP contribution is 2.28. The van der Waals surface area contributed by atoms with Crippen LogP contribution in [0.2, 0.25) is 0 Å². The third-order valence-corrected chi connectivity index (χ3v) is 6.28. The smallest absolute Gasteiger partial charge is 0.230 e. The van der Waals surface area contributed by atoms with Crippen molar-refractivity contribution in [2.45, 2.75) is 57.5 Å². The average Bonchev–Trinajstić information content (AvgIpc) is 2.64. The molecular formula is C21H25N3OS. The molecule has 1 aliphatic carbocycles. The van der Waals surface area contributed by atoms with E-state index in [1.807, 2.05) is 32.0 Å². The number of rotatable bonds is 4. The molecule has 5 heteroatoms. The first kappa shape index (κ1) is 18.7. The third-order valence-electron chi connectivity index (χ3n) is 5.29. The van der Waals surface area contributed by atoms with Crippen LogP contribution in [0.3, 0.4) is 0 Å². The Morgan fingerprint density at radius 1 is 1.31 bits per heavy atom. The molecule has 1 aromatic heterocycles. The van der Waals surface area contributed by atoms with Gasteiger partial charge in [-0.05, 0) is 49.8 Å². The fraction of sp³-hybridized carbons (Fsp3) is 0.476. The fourth-order valence-electron chi connectivity index (χ4n) is 3.62. The van der Waals surface area contributed by atoms with Gasteiger partial charge in [-0.3, -0.25) is 4.79 Å². The maximum Gasteiger partial charge on any atom is 0.230 e. The maximum atomic E-state index is 12.4. The number of aryl methyl sites for hydroxylation is 2. The van der Waals surface area contributed by atoms with Crippen molar-refractivity contribution < 1.29 is 4.79 Å². The lowest BCUT2D eigenvalue weighted by molar-refractivity contribution is -0.119. The molecule has 1 amide bonds. The van der Waals surface area contributed by atoms with Gasteiger partial charge in [0.05, 0.1) is 16.8 Å². The summed E-state index contributed by atoms with van der Waals surface area (Å²) in [5.74, 6) is 0.860. The second-order valence-electron chi connectivity index (χ2n) is 7.27. The number of benzene rings is 1. The Kier molecular flexibility index (Phi) is 5.83. The molecule has 1 fully saturated rings. The first-order chi connectivity index (χ1) is 12.5. The zero-order chi connectivity index (χ0) is 18.7. The second-order valence-corrected chi connectivity index (χ2v) is 8.24. The molecule has 0 spiro atoms. The summed E-state index contributed by atoms with van der Waals surface area (Å²) in [6.07, 6.45) is 4.69. The van der Waals surface area contributed by atoms with Crippen molar-refractivity contribution in [1.82, 2.24) is 10.3 Å². The molecule has 2 atom stereocenters. The molecule has 136 valence electrons. The van der Waals surface area contributed by atoms with E-state index in [9.17, 15) is 10.1 Å². The van der Waals surface area contributed by atoms with Crippen molar-refractivity contribution in [2.24, 2.45) is 5.92 Å². The quantitative estimate of drug-likeness (QED) is 0.808. The minimum atomic E-state index is 0.0282. The van der Waals surface area contributed by atoms with Crippen LogP contribution in [-0.4, -0.2) is 22.7 Å². The molecule has 0 saturated heterocycles. The molecule has 0 bridgehead atoms. The number of thioether (sulfide) groups is 1. The Morgan fingerprint density at radius 3 is 2.77 bits per heavy atom. The van der Waals surface area contributed by atoms with E-state index < -0.39 is 0 Å². The van der Waals surface area contributed by atoms with Crippen LogP contribution in [0.25, 0.3) is 10.9 Å². The van der Waals surface area contributed by atoms with Crippen LogP contribution in [-0.2, 0) is 4.79 Å².